The molecule has 2 aliphatic heterocycles. The van der Waals surface area contributed by atoms with Gasteiger partial charge < -0.3 is 19.2 Å². The Labute approximate surface area is 122 Å². The van der Waals surface area contributed by atoms with Crippen molar-refractivity contribution < 1.29 is 23.8 Å². The molecule has 2 saturated heterocycles. The molecule has 3 heterocycles. The number of aliphatic carboxylic acids is 1. The molecule has 2 fully saturated rings. The second kappa shape index (κ2) is 5.52. The maximum absolute atomic E-state index is 12.3. The molecule has 0 aliphatic carbocycles. The number of rotatable bonds is 4. The molecule has 0 spiro atoms. The summed E-state index contributed by atoms with van der Waals surface area (Å²) in [6.07, 6.45) is 4.69. The summed E-state index contributed by atoms with van der Waals surface area (Å²) in [5.41, 5.74) is 0.167. The molecule has 0 bridgehead atoms. The lowest BCUT2D eigenvalue weighted by Gasteiger charge is -2.33. The summed E-state index contributed by atoms with van der Waals surface area (Å²) in [4.78, 5) is 25.7. The van der Waals surface area contributed by atoms with Crippen LogP contribution in [-0.2, 0) is 20.7 Å². The van der Waals surface area contributed by atoms with Crippen molar-refractivity contribution in [3.8, 4) is 0 Å². The van der Waals surface area contributed by atoms with Crippen LogP contribution in [0.25, 0.3) is 0 Å². The van der Waals surface area contributed by atoms with E-state index in [9.17, 15) is 14.7 Å². The highest BCUT2D eigenvalue weighted by atomic mass is 16.5. The van der Waals surface area contributed by atoms with Gasteiger partial charge in [-0.25, -0.2) is 0 Å². The van der Waals surface area contributed by atoms with E-state index < -0.39 is 11.4 Å². The number of carboxylic acid groups (broad SMARTS) is 1. The largest absolute Gasteiger partial charge is 0.481 e. The lowest BCUT2D eigenvalue weighted by molar-refractivity contribution is -0.157. The molecule has 2 atom stereocenters. The van der Waals surface area contributed by atoms with Gasteiger partial charge in [-0.2, -0.15) is 0 Å². The van der Waals surface area contributed by atoms with Crippen molar-refractivity contribution in [3.05, 3.63) is 24.2 Å². The van der Waals surface area contributed by atoms with E-state index in [0.717, 1.165) is 5.56 Å². The van der Waals surface area contributed by atoms with Gasteiger partial charge in [-0.1, -0.05) is 0 Å². The average molecular weight is 293 g/mol. The highest BCUT2D eigenvalue weighted by molar-refractivity contribution is 5.81. The first-order chi connectivity index (χ1) is 10.1. The second-order valence-corrected chi connectivity index (χ2v) is 5.89. The quantitative estimate of drug-likeness (QED) is 0.901. The van der Waals surface area contributed by atoms with Crippen LogP contribution in [0.4, 0.5) is 0 Å². The van der Waals surface area contributed by atoms with E-state index in [1.165, 1.54) is 0 Å². The van der Waals surface area contributed by atoms with Crippen LogP contribution in [0.3, 0.4) is 0 Å². The van der Waals surface area contributed by atoms with Gasteiger partial charge in [0, 0.05) is 32.0 Å². The van der Waals surface area contributed by atoms with Gasteiger partial charge >= 0.3 is 5.97 Å². The minimum atomic E-state index is -0.816. The third-order valence-electron chi connectivity index (χ3n) is 4.69. The number of aryl methyl sites for hydroxylation is 1. The smallest absolute Gasteiger partial charge is 0.311 e. The Hall–Kier alpha value is -1.82. The molecule has 0 saturated carbocycles. The number of amides is 1. The first-order valence-corrected chi connectivity index (χ1v) is 7.22. The third-order valence-corrected chi connectivity index (χ3v) is 4.69. The number of nitrogens with zero attached hydrogens (tertiary/aromatic N) is 1. The number of carbonyl (C=O) groups excluding carboxylic acids is 1. The Bertz CT molecular complexity index is 526. The number of hydrogen-bond donors (Lipinski definition) is 1. The van der Waals surface area contributed by atoms with Crippen LogP contribution >= 0.6 is 0 Å². The normalized spacial score (nSPS) is 28.4. The molecule has 1 amide bonds. The topological polar surface area (TPSA) is 80.0 Å². The summed E-state index contributed by atoms with van der Waals surface area (Å²) in [7, 11) is 0. The summed E-state index contributed by atoms with van der Waals surface area (Å²) in [5.74, 6) is -0.895. The zero-order valence-corrected chi connectivity index (χ0v) is 11.8. The molecule has 3 rings (SSSR count). The zero-order valence-electron chi connectivity index (χ0n) is 11.8. The second-order valence-electron chi connectivity index (χ2n) is 5.89. The molecule has 0 radical (unpaired) electrons. The number of likely N-dealkylation sites (tertiary alicyclic amines) is 1. The summed E-state index contributed by atoms with van der Waals surface area (Å²) >= 11 is 0. The molecular weight excluding hydrogens is 274 g/mol. The molecule has 2 aliphatic rings. The molecule has 1 aromatic heterocycles. The predicted molar refractivity (Wildman–Crippen MR) is 72.6 cm³/mol. The summed E-state index contributed by atoms with van der Waals surface area (Å²) in [5, 5.41) is 9.57. The summed E-state index contributed by atoms with van der Waals surface area (Å²) in [6, 6.07) is 1.84. The van der Waals surface area contributed by atoms with Crippen molar-refractivity contribution in [1.29, 1.82) is 0 Å². The van der Waals surface area contributed by atoms with E-state index in [1.54, 1.807) is 17.4 Å². The van der Waals surface area contributed by atoms with Gasteiger partial charge in [0.25, 0.3) is 0 Å². The van der Waals surface area contributed by atoms with Crippen LogP contribution in [0, 0.1) is 11.3 Å². The van der Waals surface area contributed by atoms with Crippen LogP contribution in [0.1, 0.15) is 18.4 Å². The molecule has 1 aromatic rings. The fourth-order valence-electron chi connectivity index (χ4n) is 3.33. The Morgan fingerprint density at radius 1 is 1.48 bits per heavy atom. The van der Waals surface area contributed by atoms with Crippen molar-refractivity contribution in [3.63, 3.8) is 0 Å². The van der Waals surface area contributed by atoms with Crippen LogP contribution in [0.5, 0.6) is 0 Å². The van der Waals surface area contributed by atoms with Crippen molar-refractivity contribution >= 4 is 11.9 Å². The maximum Gasteiger partial charge on any atom is 0.311 e. The predicted octanol–water partition coefficient (Wildman–Crippen LogP) is 1.16. The van der Waals surface area contributed by atoms with E-state index in [4.69, 9.17) is 9.15 Å². The van der Waals surface area contributed by atoms with Gasteiger partial charge in [-0.3, -0.25) is 9.59 Å². The highest BCUT2D eigenvalue weighted by Crippen LogP contribution is 2.42. The van der Waals surface area contributed by atoms with Crippen molar-refractivity contribution in [2.75, 3.05) is 26.3 Å². The van der Waals surface area contributed by atoms with Crippen molar-refractivity contribution in [1.82, 2.24) is 4.90 Å². The summed E-state index contributed by atoms with van der Waals surface area (Å²) in [6.45, 7) is 1.68. The van der Waals surface area contributed by atoms with E-state index in [1.807, 2.05) is 6.07 Å². The van der Waals surface area contributed by atoms with E-state index in [-0.39, 0.29) is 11.8 Å². The van der Waals surface area contributed by atoms with E-state index in [2.05, 4.69) is 0 Å². The molecule has 0 unspecified atom stereocenters. The molecule has 6 heteroatoms. The van der Waals surface area contributed by atoms with Crippen LogP contribution < -0.4 is 0 Å². The average Bonchev–Trinajstić information content (AvgIpc) is 3.12. The molecule has 1 N–H and O–H groups in total. The van der Waals surface area contributed by atoms with Crippen molar-refractivity contribution in [2.24, 2.45) is 11.3 Å². The Balaban J connectivity index is 1.64. The lowest BCUT2D eigenvalue weighted by Crippen LogP contribution is -2.45. The van der Waals surface area contributed by atoms with Gasteiger partial charge in [-0.05, 0) is 24.5 Å². The molecular formula is C15H19NO5. The lowest BCUT2D eigenvalue weighted by atomic mass is 9.74. The first kappa shape index (κ1) is 14.1. The number of carboxylic acids is 1. The minimum absolute atomic E-state index is 0.00576. The number of hydrogen-bond acceptors (Lipinski definition) is 4. The highest BCUT2D eigenvalue weighted by Gasteiger charge is 2.54. The van der Waals surface area contributed by atoms with Crippen molar-refractivity contribution in [2.45, 2.75) is 19.3 Å². The molecule has 0 aromatic carbocycles. The molecule has 6 nitrogen and oxygen atoms in total. The molecule has 21 heavy (non-hydrogen) atoms. The van der Waals surface area contributed by atoms with Gasteiger partial charge in [-0.15, -0.1) is 0 Å². The standard InChI is InChI=1S/C15H19NO5/c17-13(2-1-11-3-5-20-8-11)16-7-12-9-21-6-4-15(12,10-16)14(18)19/h3,5,8,12H,1-2,4,6-7,9-10H2,(H,18,19)/t12-,15+/m0/s1. The number of ether oxygens (including phenoxy) is 1. The SMILES string of the molecule is O=C(CCc1ccoc1)N1C[C@H]2COCC[C@@]2(C(=O)O)C1. The van der Waals surface area contributed by atoms with E-state index >= 15 is 0 Å². The minimum Gasteiger partial charge on any atom is -0.481 e. The number of carbonyl (C=O) groups is 2. The Kier molecular flexibility index (Phi) is 3.71. The van der Waals surface area contributed by atoms with Gasteiger partial charge in [0.05, 0.1) is 24.5 Å². The fourth-order valence-corrected chi connectivity index (χ4v) is 3.33. The third kappa shape index (κ3) is 2.55. The van der Waals surface area contributed by atoms with Gasteiger partial charge in [0.15, 0.2) is 0 Å². The van der Waals surface area contributed by atoms with Crippen LogP contribution in [0.2, 0.25) is 0 Å². The van der Waals surface area contributed by atoms with Gasteiger partial charge in [0.1, 0.15) is 0 Å². The number of furan rings is 1. The van der Waals surface area contributed by atoms with Crippen LogP contribution in [-0.4, -0.2) is 48.2 Å². The maximum atomic E-state index is 12.3. The number of fused-ring (bicyclic) bond motifs is 1. The Morgan fingerprint density at radius 2 is 2.33 bits per heavy atom. The first-order valence-electron chi connectivity index (χ1n) is 7.22. The molecule has 114 valence electrons. The fraction of sp³-hybridized carbons (Fsp3) is 0.600. The summed E-state index contributed by atoms with van der Waals surface area (Å²) < 4.78 is 10.4. The monoisotopic (exact) mass is 293 g/mol. The zero-order chi connectivity index (χ0) is 14.9. The van der Waals surface area contributed by atoms with E-state index in [0.29, 0.717) is 45.6 Å². The van der Waals surface area contributed by atoms with Crippen LogP contribution in [0.15, 0.2) is 23.0 Å². The van der Waals surface area contributed by atoms with Gasteiger partial charge in [0.2, 0.25) is 5.91 Å². The Morgan fingerprint density at radius 3 is 3.00 bits per heavy atom.